The van der Waals surface area contributed by atoms with Crippen LogP contribution in [0.5, 0.6) is 0 Å². The number of ketones is 2. The molecule has 4 nitrogen and oxygen atoms in total. The van der Waals surface area contributed by atoms with Gasteiger partial charge in [0, 0.05) is 18.8 Å². The van der Waals surface area contributed by atoms with E-state index in [0.717, 1.165) is 25.7 Å². The first-order valence-corrected chi connectivity index (χ1v) is 7.81. The highest BCUT2D eigenvalue weighted by molar-refractivity contribution is 5.96. The molecule has 0 aromatic rings. The first-order valence-electron chi connectivity index (χ1n) is 7.81. The Morgan fingerprint density at radius 3 is 2.30 bits per heavy atom. The predicted octanol–water partition coefficient (Wildman–Crippen LogP) is 2.68. The monoisotopic (exact) mass is 280 g/mol. The van der Waals surface area contributed by atoms with Crippen molar-refractivity contribution in [3.63, 3.8) is 0 Å². The van der Waals surface area contributed by atoms with E-state index in [1.165, 1.54) is 12.8 Å². The zero-order valence-corrected chi connectivity index (χ0v) is 12.2. The van der Waals surface area contributed by atoms with Crippen molar-refractivity contribution >= 4 is 17.5 Å². The smallest absolute Gasteiger partial charge is 0.308 e. The van der Waals surface area contributed by atoms with Crippen LogP contribution in [0, 0.1) is 17.8 Å². The first-order chi connectivity index (χ1) is 9.59. The Kier molecular flexibility index (Phi) is 5.32. The standard InChI is InChI=1S/C16H24O4/c1-11-13(15(18)9-8-14(11)17)10-20-16(19)12-6-4-2-3-5-7-12/h11-13H,2-10H2,1H3. The Balaban J connectivity index is 1.85. The molecule has 2 unspecified atom stereocenters. The van der Waals surface area contributed by atoms with Crippen LogP contribution < -0.4 is 0 Å². The van der Waals surface area contributed by atoms with E-state index in [9.17, 15) is 14.4 Å². The van der Waals surface area contributed by atoms with Gasteiger partial charge >= 0.3 is 5.97 Å². The maximum Gasteiger partial charge on any atom is 0.308 e. The van der Waals surface area contributed by atoms with E-state index in [1.54, 1.807) is 6.92 Å². The SMILES string of the molecule is CC1C(=O)CCC(=O)C1COC(=O)C1CCCCCC1. The molecule has 0 aromatic heterocycles. The number of carbonyl (C=O) groups excluding carboxylic acids is 3. The molecule has 112 valence electrons. The highest BCUT2D eigenvalue weighted by Gasteiger charge is 2.35. The maximum absolute atomic E-state index is 12.1. The largest absolute Gasteiger partial charge is 0.465 e. The van der Waals surface area contributed by atoms with Gasteiger partial charge in [-0.3, -0.25) is 14.4 Å². The lowest BCUT2D eigenvalue weighted by molar-refractivity contribution is -0.154. The van der Waals surface area contributed by atoms with Crippen LogP contribution in [-0.4, -0.2) is 24.1 Å². The highest BCUT2D eigenvalue weighted by atomic mass is 16.5. The molecular weight excluding hydrogens is 256 g/mol. The molecule has 20 heavy (non-hydrogen) atoms. The molecule has 2 aliphatic rings. The molecule has 0 saturated heterocycles. The summed E-state index contributed by atoms with van der Waals surface area (Å²) in [5.74, 6) is -0.748. The van der Waals surface area contributed by atoms with Crippen molar-refractivity contribution in [2.75, 3.05) is 6.61 Å². The number of carbonyl (C=O) groups is 3. The van der Waals surface area contributed by atoms with E-state index in [4.69, 9.17) is 4.74 Å². The molecule has 0 spiro atoms. The molecule has 2 saturated carbocycles. The van der Waals surface area contributed by atoms with Gasteiger partial charge in [-0.2, -0.15) is 0 Å². The maximum atomic E-state index is 12.1. The van der Waals surface area contributed by atoms with Crippen LogP contribution in [0.3, 0.4) is 0 Å². The van der Waals surface area contributed by atoms with Gasteiger partial charge in [0.2, 0.25) is 0 Å². The zero-order valence-electron chi connectivity index (χ0n) is 12.2. The Labute approximate surface area is 120 Å². The quantitative estimate of drug-likeness (QED) is 0.589. The summed E-state index contributed by atoms with van der Waals surface area (Å²) < 4.78 is 5.35. The lowest BCUT2D eigenvalue weighted by Gasteiger charge is -2.26. The van der Waals surface area contributed by atoms with Crippen LogP contribution in [0.25, 0.3) is 0 Å². The highest BCUT2D eigenvalue weighted by Crippen LogP contribution is 2.27. The van der Waals surface area contributed by atoms with E-state index in [1.807, 2.05) is 0 Å². The van der Waals surface area contributed by atoms with Gasteiger partial charge in [0.15, 0.2) is 0 Å². The van der Waals surface area contributed by atoms with Crippen molar-refractivity contribution in [1.82, 2.24) is 0 Å². The second kappa shape index (κ2) is 7.00. The van der Waals surface area contributed by atoms with Crippen molar-refractivity contribution in [3.8, 4) is 0 Å². The number of Topliss-reactive ketones (excluding diaryl/α,β-unsaturated/α-hetero) is 2. The number of rotatable bonds is 3. The third-order valence-electron chi connectivity index (χ3n) is 4.74. The van der Waals surface area contributed by atoms with Crippen LogP contribution in [0.2, 0.25) is 0 Å². The van der Waals surface area contributed by atoms with E-state index in [2.05, 4.69) is 0 Å². The van der Waals surface area contributed by atoms with Crippen molar-refractivity contribution in [2.45, 2.75) is 58.3 Å². The third-order valence-corrected chi connectivity index (χ3v) is 4.74. The van der Waals surface area contributed by atoms with Gasteiger partial charge in [-0.15, -0.1) is 0 Å². The minimum atomic E-state index is -0.425. The first kappa shape index (κ1) is 15.2. The van der Waals surface area contributed by atoms with Gasteiger partial charge < -0.3 is 4.74 Å². The predicted molar refractivity (Wildman–Crippen MR) is 74.1 cm³/mol. The topological polar surface area (TPSA) is 60.4 Å². The lowest BCUT2D eigenvalue weighted by atomic mass is 9.79. The zero-order chi connectivity index (χ0) is 14.5. The van der Waals surface area contributed by atoms with Crippen molar-refractivity contribution < 1.29 is 19.1 Å². The molecule has 0 heterocycles. The molecule has 0 bridgehead atoms. The molecule has 0 amide bonds. The second-order valence-corrected chi connectivity index (χ2v) is 6.15. The lowest BCUT2D eigenvalue weighted by Crippen LogP contribution is -2.37. The average Bonchev–Trinajstić information content (AvgIpc) is 2.72. The molecule has 0 radical (unpaired) electrons. The number of hydrogen-bond donors (Lipinski definition) is 0. The Morgan fingerprint density at radius 1 is 1.05 bits per heavy atom. The molecule has 0 N–H and O–H groups in total. The fourth-order valence-electron chi connectivity index (χ4n) is 3.20. The summed E-state index contributed by atoms with van der Waals surface area (Å²) in [7, 11) is 0. The Bertz CT molecular complexity index is 380. The van der Waals surface area contributed by atoms with Crippen LogP contribution in [0.4, 0.5) is 0 Å². The van der Waals surface area contributed by atoms with Crippen molar-refractivity contribution in [1.29, 1.82) is 0 Å². The number of esters is 1. The minimum Gasteiger partial charge on any atom is -0.465 e. The molecular formula is C16H24O4. The average molecular weight is 280 g/mol. The van der Waals surface area contributed by atoms with E-state index < -0.39 is 5.92 Å². The summed E-state index contributed by atoms with van der Waals surface area (Å²) in [5, 5.41) is 0. The minimum absolute atomic E-state index is 0.0119. The normalized spacial score (nSPS) is 29.1. The van der Waals surface area contributed by atoms with Gasteiger partial charge in [-0.1, -0.05) is 32.6 Å². The molecule has 2 fully saturated rings. The fourth-order valence-corrected chi connectivity index (χ4v) is 3.20. The van der Waals surface area contributed by atoms with Gasteiger partial charge in [0.05, 0.1) is 11.8 Å². The summed E-state index contributed by atoms with van der Waals surface area (Å²) in [4.78, 5) is 35.6. The third kappa shape index (κ3) is 3.68. The summed E-state index contributed by atoms with van der Waals surface area (Å²) in [6.45, 7) is 1.85. The van der Waals surface area contributed by atoms with E-state index in [0.29, 0.717) is 12.8 Å². The molecule has 2 atom stereocenters. The van der Waals surface area contributed by atoms with Gasteiger partial charge in [-0.05, 0) is 12.8 Å². The molecule has 0 aliphatic heterocycles. The summed E-state index contributed by atoms with van der Waals surface area (Å²) in [6.07, 6.45) is 6.97. The van der Waals surface area contributed by atoms with E-state index in [-0.39, 0.29) is 36.0 Å². The van der Waals surface area contributed by atoms with Crippen molar-refractivity contribution in [2.24, 2.45) is 17.8 Å². The van der Waals surface area contributed by atoms with Crippen LogP contribution in [-0.2, 0) is 19.1 Å². The summed E-state index contributed by atoms with van der Waals surface area (Å²) in [5.41, 5.74) is 0. The molecule has 2 aliphatic carbocycles. The van der Waals surface area contributed by atoms with Gasteiger partial charge in [-0.25, -0.2) is 0 Å². The summed E-state index contributed by atoms with van der Waals surface area (Å²) >= 11 is 0. The summed E-state index contributed by atoms with van der Waals surface area (Å²) in [6, 6.07) is 0. The second-order valence-electron chi connectivity index (χ2n) is 6.15. The van der Waals surface area contributed by atoms with Gasteiger partial charge in [0.1, 0.15) is 18.2 Å². The molecule has 0 aromatic carbocycles. The van der Waals surface area contributed by atoms with Crippen LogP contribution in [0.15, 0.2) is 0 Å². The van der Waals surface area contributed by atoms with Crippen molar-refractivity contribution in [3.05, 3.63) is 0 Å². The van der Waals surface area contributed by atoms with Gasteiger partial charge in [0.25, 0.3) is 0 Å². The van der Waals surface area contributed by atoms with Crippen LogP contribution in [0.1, 0.15) is 58.3 Å². The Hall–Kier alpha value is -1.19. The molecule has 4 heteroatoms. The number of ether oxygens (including phenoxy) is 1. The number of hydrogen-bond acceptors (Lipinski definition) is 4. The van der Waals surface area contributed by atoms with Crippen LogP contribution >= 0.6 is 0 Å². The Morgan fingerprint density at radius 2 is 1.65 bits per heavy atom. The van der Waals surface area contributed by atoms with E-state index >= 15 is 0 Å². The molecule has 2 rings (SSSR count). The fraction of sp³-hybridized carbons (Fsp3) is 0.812.